The molecule has 0 bridgehead atoms. The summed E-state index contributed by atoms with van der Waals surface area (Å²) in [6.07, 6.45) is 5.27. The normalized spacial score (nSPS) is 19.1. The van der Waals surface area contributed by atoms with Crippen molar-refractivity contribution in [2.24, 2.45) is 0 Å². The number of methoxy groups -OCH3 is 2. The average molecular weight is 233 g/mol. The summed E-state index contributed by atoms with van der Waals surface area (Å²) in [4.78, 5) is 0. The lowest BCUT2D eigenvalue weighted by Gasteiger charge is -2.26. The van der Waals surface area contributed by atoms with Crippen LogP contribution in [0.2, 0.25) is 0 Å². The number of fused-ring (bicyclic) bond motifs is 1. The molecule has 0 amide bonds. The van der Waals surface area contributed by atoms with Crippen LogP contribution in [0.15, 0.2) is 24.3 Å². The van der Waals surface area contributed by atoms with Gasteiger partial charge in [0.1, 0.15) is 0 Å². The summed E-state index contributed by atoms with van der Waals surface area (Å²) >= 11 is 0. The summed E-state index contributed by atoms with van der Waals surface area (Å²) in [7, 11) is 3.35. The molecule has 1 aromatic carbocycles. The molecule has 0 unspecified atom stereocenters. The van der Waals surface area contributed by atoms with Crippen molar-refractivity contribution in [1.82, 2.24) is 5.32 Å². The number of hydrogen-bond acceptors (Lipinski definition) is 3. The first kappa shape index (κ1) is 12.0. The summed E-state index contributed by atoms with van der Waals surface area (Å²) < 4.78 is 10.7. The number of nitrogens with one attached hydrogen (secondary N) is 1. The predicted octanol–water partition coefficient (Wildman–Crippen LogP) is 2.47. The second-order valence-electron chi connectivity index (χ2n) is 4.11. The lowest BCUT2D eigenvalue weighted by atomic mass is 9.93. The highest BCUT2D eigenvalue weighted by Gasteiger charge is 2.20. The smallest absolute Gasteiger partial charge is 0.161 e. The number of ether oxygens (including phenoxy) is 2. The molecule has 1 aliphatic heterocycles. The van der Waals surface area contributed by atoms with E-state index >= 15 is 0 Å². The Balaban J connectivity index is 2.46. The van der Waals surface area contributed by atoms with Gasteiger partial charge < -0.3 is 14.8 Å². The maximum atomic E-state index is 5.35. The van der Waals surface area contributed by atoms with E-state index in [9.17, 15) is 0 Å². The Morgan fingerprint density at radius 2 is 1.94 bits per heavy atom. The first-order chi connectivity index (χ1) is 8.30. The zero-order valence-corrected chi connectivity index (χ0v) is 10.6. The van der Waals surface area contributed by atoms with Gasteiger partial charge in [0.15, 0.2) is 11.5 Å². The zero-order chi connectivity index (χ0) is 12.3. The summed E-state index contributed by atoms with van der Waals surface area (Å²) in [5.74, 6) is 1.61. The third-order valence-electron chi connectivity index (χ3n) is 3.12. The van der Waals surface area contributed by atoms with E-state index in [2.05, 4.69) is 29.6 Å². The van der Waals surface area contributed by atoms with Crippen LogP contribution in [0, 0.1) is 0 Å². The molecule has 1 N–H and O–H groups in total. The van der Waals surface area contributed by atoms with Crippen LogP contribution < -0.4 is 14.8 Å². The van der Waals surface area contributed by atoms with Gasteiger partial charge in [-0.1, -0.05) is 12.2 Å². The number of benzene rings is 1. The molecular weight excluding hydrogens is 214 g/mol. The van der Waals surface area contributed by atoms with Crippen LogP contribution in [0.4, 0.5) is 0 Å². The van der Waals surface area contributed by atoms with Crippen molar-refractivity contribution < 1.29 is 9.47 Å². The molecule has 1 aliphatic rings. The van der Waals surface area contributed by atoms with Gasteiger partial charge >= 0.3 is 0 Å². The number of hydrogen-bond donors (Lipinski definition) is 1. The monoisotopic (exact) mass is 233 g/mol. The van der Waals surface area contributed by atoms with Gasteiger partial charge in [0, 0.05) is 6.54 Å². The maximum Gasteiger partial charge on any atom is 0.161 e. The molecule has 0 radical (unpaired) electrons. The zero-order valence-electron chi connectivity index (χ0n) is 10.6. The SMILES string of the molecule is C/C=C\[C@H]1NCCc2cc(OC)c(OC)cc21. The van der Waals surface area contributed by atoms with Gasteiger partial charge in [-0.2, -0.15) is 0 Å². The molecule has 0 aliphatic carbocycles. The van der Waals surface area contributed by atoms with E-state index in [-0.39, 0.29) is 6.04 Å². The van der Waals surface area contributed by atoms with Crippen molar-refractivity contribution in [1.29, 1.82) is 0 Å². The molecule has 3 heteroatoms. The van der Waals surface area contributed by atoms with Gasteiger partial charge in [-0.25, -0.2) is 0 Å². The van der Waals surface area contributed by atoms with Gasteiger partial charge in [-0.05, 0) is 36.6 Å². The van der Waals surface area contributed by atoms with Gasteiger partial charge in [0.25, 0.3) is 0 Å². The van der Waals surface area contributed by atoms with Crippen LogP contribution in [0.5, 0.6) is 11.5 Å². The van der Waals surface area contributed by atoms with E-state index in [0.29, 0.717) is 0 Å². The molecule has 0 saturated carbocycles. The molecule has 0 spiro atoms. The Hall–Kier alpha value is -1.48. The topological polar surface area (TPSA) is 30.5 Å². The second kappa shape index (κ2) is 5.23. The standard InChI is InChI=1S/C14H19NO2/c1-4-5-12-11-9-14(17-3)13(16-2)8-10(11)6-7-15-12/h4-5,8-9,12,15H,6-7H2,1-3H3/b5-4-/t12-/m1/s1. The first-order valence-electron chi connectivity index (χ1n) is 5.91. The fourth-order valence-corrected chi connectivity index (χ4v) is 2.28. The molecule has 1 atom stereocenters. The highest BCUT2D eigenvalue weighted by molar-refractivity contribution is 5.50. The summed E-state index contributed by atoms with van der Waals surface area (Å²) in [6.45, 7) is 3.04. The van der Waals surface area contributed by atoms with Gasteiger partial charge in [0.2, 0.25) is 0 Å². The molecular formula is C14H19NO2. The fraction of sp³-hybridized carbons (Fsp3) is 0.429. The first-order valence-corrected chi connectivity index (χ1v) is 5.91. The minimum atomic E-state index is 0.281. The van der Waals surface area contributed by atoms with Crippen molar-refractivity contribution in [2.75, 3.05) is 20.8 Å². The maximum absolute atomic E-state index is 5.35. The summed E-state index contributed by atoms with van der Waals surface area (Å²) in [6, 6.07) is 4.44. The Kier molecular flexibility index (Phi) is 3.69. The largest absolute Gasteiger partial charge is 0.493 e. The van der Waals surface area contributed by atoms with Crippen LogP contribution in [0.25, 0.3) is 0 Å². The molecule has 0 saturated heterocycles. The number of allylic oxidation sites excluding steroid dienone is 1. The highest BCUT2D eigenvalue weighted by atomic mass is 16.5. The van der Waals surface area contributed by atoms with Crippen LogP contribution in [0.3, 0.4) is 0 Å². The minimum absolute atomic E-state index is 0.281. The summed E-state index contributed by atoms with van der Waals surface area (Å²) in [5, 5.41) is 3.48. The fourth-order valence-electron chi connectivity index (χ4n) is 2.28. The van der Waals surface area contributed by atoms with Crippen molar-refractivity contribution >= 4 is 0 Å². The van der Waals surface area contributed by atoms with Crippen molar-refractivity contribution in [3.63, 3.8) is 0 Å². The molecule has 0 aromatic heterocycles. The lowest BCUT2D eigenvalue weighted by Crippen LogP contribution is -2.28. The lowest BCUT2D eigenvalue weighted by molar-refractivity contribution is 0.353. The van der Waals surface area contributed by atoms with E-state index in [1.165, 1.54) is 11.1 Å². The Bertz CT molecular complexity index is 426. The van der Waals surface area contributed by atoms with Crippen LogP contribution in [-0.4, -0.2) is 20.8 Å². The Morgan fingerprint density at radius 1 is 1.24 bits per heavy atom. The van der Waals surface area contributed by atoms with E-state index in [0.717, 1.165) is 24.5 Å². The average Bonchev–Trinajstić information content (AvgIpc) is 2.38. The molecule has 2 rings (SSSR count). The van der Waals surface area contributed by atoms with E-state index < -0.39 is 0 Å². The van der Waals surface area contributed by atoms with E-state index in [4.69, 9.17) is 9.47 Å². The van der Waals surface area contributed by atoms with E-state index in [1.807, 2.05) is 6.92 Å². The molecule has 0 fully saturated rings. The third kappa shape index (κ3) is 2.29. The Morgan fingerprint density at radius 3 is 2.59 bits per heavy atom. The molecule has 17 heavy (non-hydrogen) atoms. The Labute approximate surface area is 102 Å². The van der Waals surface area contributed by atoms with E-state index in [1.54, 1.807) is 14.2 Å². The third-order valence-corrected chi connectivity index (χ3v) is 3.12. The quantitative estimate of drug-likeness (QED) is 0.813. The second-order valence-corrected chi connectivity index (χ2v) is 4.11. The summed E-state index contributed by atoms with van der Waals surface area (Å²) in [5.41, 5.74) is 2.62. The molecule has 92 valence electrons. The van der Waals surface area contributed by atoms with Crippen LogP contribution in [-0.2, 0) is 6.42 Å². The van der Waals surface area contributed by atoms with Gasteiger partial charge in [-0.3, -0.25) is 0 Å². The van der Waals surface area contributed by atoms with Gasteiger partial charge in [0.05, 0.1) is 20.3 Å². The predicted molar refractivity (Wildman–Crippen MR) is 68.8 cm³/mol. The van der Waals surface area contributed by atoms with Crippen molar-refractivity contribution in [3.05, 3.63) is 35.4 Å². The van der Waals surface area contributed by atoms with Crippen LogP contribution in [0.1, 0.15) is 24.1 Å². The van der Waals surface area contributed by atoms with Crippen molar-refractivity contribution in [2.45, 2.75) is 19.4 Å². The number of rotatable bonds is 3. The molecule has 1 heterocycles. The minimum Gasteiger partial charge on any atom is -0.493 e. The van der Waals surface area contributed by atoms with Gasteiger partial charge in [-0.15, -0.1) is 0 Å². The highest BCUT2D eigenvalue weighted by Crippen LogP contribution is 2.35. The molecule has 1 aromatic rings. The van der Waals surface area contributed by atoms with Crippen molar-refractivity contribution in [3.8, 4) is 11.5 Å². The molecule has 3 nitrogen and oxygen atoms in total. The van der Waals surface area contributed by atoms with Crippen LogP contribution >= 0.6 is 0 Å².